The van der Waals surface area contributed by atoms with Crippen molar-refractivity contribution in [1.82, 2.24) is 20.3 Å². The summed E-state index contributed by atoms with van der Waals surface area (Å²) in [5.74, 6) is 0.436. The molecule has 0 amide bonds. The molecule has 1 aliphatic rings. The standard InChI is InChI=1S/C13H18N6O3.ClH/c1-2-5-8-10(19(20)21)9(17-16-8)11-15-12(18-22-11)13(14)6-3-4-7-13;/h2-7,14H2,1H3,(H,16,17);1H. The van der Waals surface area contributed by atoms with Gasteiger partial charge in [0.05, 0.1) is 10.5 Å². The van der Waals surface area contributed by atoms with Crippen LogP contribution in [0.1, 0.15) is 50.5 Å². The highest BCUT2D eigenvalue weighted by Crippen LogP contribution is 2.36. The lowest BCUT2D eigenvalue weighted by molar-refractivity contribution is -0.384. The van der Waals surface area contributed by atoms with Crippen molar-refractivity contribution in [1.29, 1.82) is 0 Å². The van der Waals surface area contributed by atoms with Crippen molar-refractivity contribution < 1.29 is 9.45 Å². The van der Waals surface area contributed by atoms with Crippen molar-refractivity contribution in [3.63, 3.8) is 0 Å². The number of H-pyrrole nitrogens is 1. The molecule has 0 spiro atoms. The number of aromatic nitrogens is 4. The smallest absolute Gasteiger partial charge is 0.322 e. The molecule has 0 aromatic carbocycles. The van der Waals surface area contributed by atoms with E-state index < -0.39 is 10.5 Å². The van der Waals surface area contributed by atoms with Gasteiger partial charge in [-0.1, -0.05) is 31.3 Å². The molecule has 1 fully saturated rings. The number of nitrogens with two attached hydrogens (primary N) is 1. The van der Waals surface area contributed by atoms with Crippen LogP contribution in [0.4, 0.5) is 5.69 Å². The minimum atomic E-state index is -0.598. The van der Waals surface area contributed by atoms with Crippen LogP contribution in [0.25, 0.3) is 11.6 Å². The summed E-state index contributed by atoms with van der Waals surface area (Å²) in [6.45, 7) is 1.94. The lowest BCUT2D eigenvalue weighted by atomic mass is 9.99. The molecule has 2 heterocycles. The lowest BCUT2D eigenvalue weighted by Gasteiger charge is -2.17. The van der Waals surface area contributed by atoms with Crippen molar-refractivity contribution in [2.75, 3.05) is 0 Å². The Balaban J connectivity index is 0.00000192. The first-order valence-electron chi connectivity index (χ1n) is 7.40. The van der Waals surface area contributed by atoms with Gasteiger partial charge in [-0.25, -0.2) is 0 Å². The van der Waals surface area contributed by atoms with E-state index in [4.69, 9.17) is 10.3 Å². The molecule has 9 nitrogen and oxygen atoms in total. The van der Waals surface area contributed by atoms with Gasteiger partial charge in [0.2, 0.25) is 5.69 Å². The summed E-state index contributed by atoms with van der Waals surface area (Å²) in [5.41, 5.74) is 6.12. The van der Waals surface area contributed by atoms with Gasteiger partial charge in [-0.3, -0.25) is 15.2 Å². The fourth-order valence-electron chi connectivity index (χ4n) is 2.89. The first-order valence-corrected chi connectivity index (χ1v) is 7.40. The highest BCUT2D eigenvalue weighted by Gasteiger charge is 2.37. The fraction of sp³-hybridized carbons (Fsp3) is 0.615. The Kier molecular flexibility index (Phi) is 5.00. The van der Waals surface area contributed by atoms with E-state index in [1.807, 2.05) is 6.92 Å². The Labute approximate surface area is 138 Å². The highest BCUT2D eigenvalue weighted by molar-refractivity contribution is 5.85. The van der Waals surface area contributed by atoms with Gasteiger partial charge in [0.15, 0.2) is 5.82 Å². The van der Waals surface area contributed by atoms with E-state index in [2.05, 4.69) is 20.3 Å². The van der Waals surface area contributed by atoms with Crippen LogP contribution < -0.4 is 5.73 Å². The molecule has 0 bridgehead atoms. The van der Waals surface area contributed by atoms with Crippen LogP contribution in [0.5, 0.6) is 0 Å². The van der Waals surface area contributed by atoms with E-state index in [0.717, 1.165) is 32.1 Å². The van der Waals surface area contributed by atoms with Gasteiger partial charge in [-0.15, -0.1) is 12.4 Å². The van der Waals surface area contributed by atoms with Gasteiger partial charge >= 0.3 is 5.69 Å². The number of hydrogen-bond acceptors (Lipinski definition) is 7. The summed E-state index contributed by atoms with van der Waals surface area (Å²) in [6, 6.07) is 0. The SMILES string of the molecule is CCCc1[nH]nc(-c2nc(C3(N)CCCC3)no2)c1[N+](=O)[O-].Cl. The average molecular weight is 343 g/mol. The molecule has 0 saturated heterocycles. The second-order valence-corrected chi connectivity index (χ2v) is 5.69. The molecule has 0 radical (unpaired) electrons. The maximum absolute atomic E-state index is 11.3. The number of nitrogens with zero attached hydrogens (tertiary/aromatic N) is 4. The molecule has 0 aliphatic heterocycles. The van der Waals surface area contributed by atoms with Gasteiger partial charge in [0, 0.05) is 0 Å². The van der Waals surface area contributed by atoms with Gasteiger partial charge in [-0.2, -0.15) is 10.1 Å². The van der Waals surface area contributed by atoms with Gasteiger partial charge in [0.25, 0.3) is 5.89 Å². The summed E-state index contributed by atoms with van der Waals surface area (Å²) in [6.07, 6.45) is 4.91. The number of nitrogens with one attached hydrogen (secondary N) is 1. The van der Waals surface area contributed by atoms with E-state index in [1.165, 1.54) is 0 Å². The Morgan fingerprint density at radius 1 is 1.43 bits per heavy atom. The maximum Gasteiger partial charge on any atom is 0.322 e. The summed E-state index contributed by atoms with van der Waals surface area (Å²) >= 11 is 0. The Morgan fingerprint density at radius 2 is 2.13 bits per heavy atom. The zero-order valence-corrected chi connectivity index (χ0v) is 13.6. The zero-order valence-electron chi connectivity index (χ0n) is 12.7. The van der Waals surface area contributed by atoms with E-state index in [1.54, 1.807) is 0 Å². The van der Waals surface area contributed by atoms with E-state index in [9.17, 15) is 10.1 Å². The largest absolute Gasteiger partial charge is 0.332 e. The second kappa shape index (κ2) is 6.63. The van der Waals surface area contributed by atoms with Crippen LogP contribution in [0.3, 0.4) is 0 Å². The van der Waals surface area contributed by atoms with Gasteiger partial charge in [0.1, 0.15) is 5.69 Å². The number of hydrogen-bond donors (Lipinski definition) is 2. The molecule has 3 rings (SSSR count). The predicted molar refractivity (Wildman–Crippen MR) is 84.1 cm³/mol. The van der Waals surface area contributed by atoms with E-state index >= 15 is 0 Å². The first kappa shape index (κ1) is 17.4. The quantitative estimate of drug-likeness (QED) is 0.628. The van der Waals surface area contributed by atoms with Crippen molar-refractivity contribution in [2.24, 2.45) is 5.73 Å². The number of aromatic amines is 1. The van der Waals surface area contributed by atoms with Crippen LogP contribution in [0.2, 0.25) is 0 Å². The van der Waals surface area contributed by atoms with Crippen LogP contribution in [-0.4, -0.2) is 25.3 Å². The second-order valence-electron chi connectivity index (χ2n) is 5.69. The molecule has 2 aromatic heterocycles. The third kappa shape index (κ3) is 3.06. The molecule has 0 atom stereocenters. The van der Waals surface area contributed by atoms with E-state index in [-0.39, 0.29) is 29.7 Å². The fourth-order valence-corrected chi connectivity index (χ4v) is 2.89. The minimum Gasteiger partial charge on any atom is -0.332 e. The normalized spacial score (nSPS) is 16.3. The molecule has 1 aliphatic carbocycles. The van der Waals surface area contributed by atoms with Crippen molar-refractivity contribution in [3.8, 4) is 11.6 Å². The third-order valence-electron chi connectivity index (χ3n) is 4.07. The summed E-state index contributed by atoms with van der Waals surface area (Å²) in [4.78, 5) is 15.1. The molecule has 10 heteroatoms. The molecule has 0 unspecified atom stereocenters. The van der Waals surface area contributed by atoms with Gasteiger partial charge in [-0.05, 0) is 19.3 Å². The summed E-state index contributed by atoms with van der Waals surface area (Å²) in [7, 11) is 0. The Bertz CT molecular complexity index is 692. The molecular formula is C13H19ClN6O3. The first-order chi connectivity index (χ1) is 10.5. The van der Waals surface area contributed by atoms with Crippen LogP contribution >= 0.6 is 12.4 Å². The van der Waals surface area contributed by atoms with E-state index in [0.29, 0.717) is 17.9 Å². The maximum atomic E-state index is 11.3. The number of rotatable bonds is 5. The van der Waals surface area contributed by atoms with Crippen molar-refractivity contribution >= 4 is 18.1 Å². The Hall–Kier alpha value is -2.00. The molecular weight excluding hydrogens is 324 g/mol. The monoisotopic (exact) mass is 342 g/mol. The lowest BCUT2D eigenvalue weighted by Crippen LogP contribution is -2.34. The number of nitro groups is 1. The summed E-state index contributed by atoms with van der Waals surface area (Å²) in [5, 5.41) is 21.9. The van der Waals surface area contributed by atoms with Crippen molar-refractivity contribution in [2.45, 2.75) is 51.0 Å². The molecule has 3 N–H and O–H groups in total. The molecule has 126 valence electrons. The zero-order chi connectivity index (χ0) is 15.7. The third-order valence-corrected chi connectivity index (χ3v) is 4.07. The minimum absolute atomic E-state index is 0. The van der Waals surface area contributed by atoms with Gasteiger partial charge < -0.3 is 10.3 Å². The molecule has 23 heavy (non-hydrogen) atoms. The molecule has 2 aromatic rings. The topological polar surface area (TPSA) is 137 Å². The number of halogens is 1. The number of aryl methyl sites for hydroxylation is 1. The van der Waals surface area contributed by atoms with Crippen molar-refractivity contribution in [3.05, 3.63) is 21.6 Å². The Morgan fingerprint density at radius 3 is 2.74 bits per heavy atom. The van der Waals surface area contributed by atoms with Crippen LogP contribution in [0, 0.1) is 10.1 Å². The van der Waals surface area contributed by atoms with Crippen LogP contribution in [-0.2, 0) is 12.0 Å². The molecule has 1 saturated carbocycles. The predicted octanol–water partition coefficient (Wildman–Crippen LogP) is 2.47. The average Bonchev–Trinajstić information content (AvgIpc) is 3.16. The van der Waals surface area contributed by atoms with Crippen LogP contribution in [0.15, 0.2) is 4.52 Å². The highest BCUT2D eigenvalue weighted by atomic mass is 35.5. The summed E-state index contributed by atoms with van der Waals surface area (Å²) < 4.78 is 5.18.